The Bertz CT molecular complexity index is 482. The van der Waals surface area contributed by atoms with E-state index in [1.165, 1.54) is 5.56 Å². The zero-order valence-corrected chi connectivity index (χ0v) is 14.5. The van der Waals surface area contributed by atoms with Gasteiger partial charge in [0.15, 0.2) is 5.96 Å². The third-order valence-corrected chi connectivity index (χ3v) is 4.21. The minimum atomic E-state index is 0.623. The molecule has 0 aliphatic carbocycles. The number of ether oxygens (including phenoxy) is 2. The van der Waals surface area contributed by atoms with E-state index in [0.29, 0.717) is 5.92 Å². The average molecular weight is 319 g/mol. The predicted octanol–water partition coefficient (Wildman–Crippen LogP) is 2.17. The second-order valence-electron chi connectivity index (χ2n) is 6.04. The van der Waals surface area contributed by atoms with Crippen LogP contribution in [0.4, 0.5) is 0 Å². The molecule has 0 bridgehead atoms. The van der Waals surface area contributed by atoms with Crippen molar-refractivity contribution in [3.05, 3.63) is 29.8 Å². The van der Waals surface area contributed by atoms with Gasteiger partial charge in [-0.3, -0.25) is 4.99 Å². The molecule has 5 nitrogen and oxygen atoms in total. The van der Waals surface area contributed by atoms with Gasteiger partial charge in [0.2, 0.25) is 0 Å². The Labute approximate surface area is 139 Å². The summed E-state index contributed by atoms with van der Waals surface area (Å²) in [7, 11) is 5.63. The topological polar surface area (TPSA) is 46.1 Å². The Morgan fingerprint density at radius 3 is 2.78 bits per heavy atom. The molecule has 23 heavy (non-hydrogen) atoms. The van der Waals surface area contributed by atoms with E-state index in [1.54, 1.807) is 7.11 Å². The van der Waals surface area contributed by atoms with Crippen molar-refractivity contribution in [2.24, 2.45) is 10.9 Å². The van der Waals surface area contributed by atoms with Crippen molar-refractivity contribution < 1.29 is 9.47 Å². The number of rotatable bonds is 7. The molecule has 0 spiro atoms. The Hall–Kier alpha value is -1.75. The van der Waals surface area contributed by atoms with Crippen LogP contribution in [0.1, 0.15) is 18.4 Å². The molecule has 1 aromatic rings. The SMILES string of the molecule is CN=C(NCCCc1ccc(OC)cc1)N(C)CC1CCOC1. The number of aryl methyl sites for hydroxylation is 1. The fourth-order valence-corrected chi connectivity index (χ4v) is 2.87. The van der Waals surface area contributed by atoms with Crippen LogP contribution >= 0.6 is 0 Å². The monoisotopic (exact) mass is 319 g/mol. The van der Waals surface area contributed by atoms with Crippen LogP contribution in [0.2, 0.25) is 0 Å². The quantitative estimate of drug-likeness (QED) is 0.475. The number of guanidine groups is 1. The maximum Gasteiger partial charge on any atom is 0.193 e. The van der Waals surface area contributed by atoms with Gasteiger partial charge < -0.3 is 19.7 Å². The van der Waals surface area contributed by atoms with Crippen LogP contribution in [-0.4, -0.2) is 58.4 Å². The first kappa shape index (κ1) is 17.6. The number of benzene rings is 1. The maximum absolute atomic E-state index is 5.44. The highest BCUT2D eigenvalue weighted by Gasteiger charge is 2.18. The summed E-state index contributed by atoms with van der Waals surface area (Å²) >= 11 is 0. The lowest BCUT2D eigenvalue weighted by molar-refractivity contribution is 0.181. The molecule has 0 aromatic heterocycles. The first-order valence-electron chi connectivity index (χ1n) is 8.35. The van der Waals surface area contributed by atoms with Crippen molar-refractivity contribution in [3.63, 3.8) is 0 Å². The van der Waals surface area contributed by atoms with Crippen LogP contribution in [0, 0.1) is 5.92 Å². The fourth-order valence-electron chi connectivity index (χ4n) is 2.87. The smallest absolute Gasteiger partial charge is 0.193 e. The number of methoxy groups -OCH3 is 1. The van der Waals surface area contributed by atoms with Crippen molar-refractivity contribution in [3.8, 4) is 5.75 Å². The Morgan fingerprint density at radius 2 is 2.17 bits per heavy atom. The number of nitrogens with one attached hydrogen (secondary N) is 1. The lowest BCUT2D eigenvalue weighted by Gasteiger charge is -2.24. The molecule has 1 aliphatic heterocycles. The van der Waals surface area contributed by atoms with Gasteiger partial charge in [-0.15, -0.1) is 0 Å². The Kier molecular flexibility index (Phi) is 7.20. The highest BCUT2D eigenvalue weighted by molar-refractivity contribution is 5.79. The zero-order valence-electron chi connectivity index (χ0n) is 14.5. The van der Waals surface area contributed by atoms with Crippen LogP contribution in [0.25, 0.3) is 0 Å². The third kappa shape index (κ3) is 5.75. The Morgan fingerprint density at radius 1 is 1.39 bits per heavy atom. The second-order valence-corrected chi connectivity index (χ2v) is 6.04. The minimum Gasteiger partial charge on any atom is -0.497 e. The van der Waals surface area contributed by atoms with Crippen LogP contribution in [0.5, 0.6) is 5.75 Å². The summed E-state index contributed by atoms with van der Waals surface area (Å²) in [4.78, 5) is 6.57. The number of nitrogens with zero attached hydrogens (tertiary/aromatic N) is 2. The molecule has 5 heteroatoms. The maximum atomic E-state index is 5.44. The molecule has 1 N–H and O–H groups in total. The van der Waals surface area contributed by atoms with Gasteiger partial charge in [-0.2, -0.15) is 0 Å². The van der Waals surface area contributed by atoms with E-state index in [9.17, 15) is 0 Å². The summed E-state index contributed by atoms with van der Waals surface area (Å²) in [5.41, 5.74) is 1.33. The molecule has 1 aromatic carbocycles. The second kappa shape index (κ2) is 9.40. The molecule has 2 rings (SSSR count). The van der Waals surface area contributed by atoms with E-state index < -0.39 is 0 Å². The van der Waals surface area contributed by atoms with Gasteiger partial charge in [0.25, 0.3) is 0 Å². The molecule has 0 saturated carbocycles. The van der Waals surface area contributed by atoms with Gasteiger partial charge >= 0.3 is 0 Å². The van der Waals surface area contributed by atoms with Crippen molar-refractivity contribution in [2.45, 2.75) is 19.3 Å². The van der Waals surface area contributed by atoms with Gasteiger partial charge in [-0.1, -0.05) is 12.1 Å². The molecule has 1 saturated heterocycles. The zero-order chi connectivity index (χ0) is 16.5. The predicted molar refractivity (Wildman–Crippen MR) is 94.2 cm³/mol. The normalized spacial score (nSPS) is 18.0. The summed E-state index contributed by atoms with van der Waals surface area (Å²) in [6.45, 7) is 3.69. The molecular formula is C18H29N3O2. The molecule has 0 radical (unpaired) electrons. The molecule has 1 fully saturated rings. The van der Waals surface area contributed by atoms with E-state index in [-0.39, 0.29) is 0 Å². The van der Waals surface area contributed by atoms with E-state index in [1.807, 2.05) is 19.2 Å². The summed E-state index contributed by atoms with van der Waals surface area (Å²) in [5, 5.41) is 3.45. The number of hydrogen-bond donors (Lipinski definition) is 1. The van der Waals surface area contributed by atoms with Gasteiger partial charge in [-0.25, -0.2) is 0 Å². The molecule has 128 valence electrons. The van der Waals surface area contributed by atoms with Gasteiger partial charge in [0.05, 0.1) is 13.7 Å². The van der Waals surface area contributed by atoms with E-state index >= 15 is 0 Å². The van der Waals surface area contributed by atoms with Gasteiger partial charge in [-0.05, 0) is 37.0 Å². The third-order valence-electron chi connectivity index (χ3n) is 4.21. The highest BCUT2D eigenvalue weighted by atomic mass is 16.5. The standard InChI is InChI=1S/C18H29N3O2/c1-19-18(21(2)13-16-10-12-23-14-16)20-11-4-5-15-6-8-17(22-3)9-7-15/h6-9,16H,4-5,10-14H2,1-3H3,(H,19,20). The van der Waals surface area contributed by atoms with E-state index in [4.69, 9.17) is 9.47 Å². The average Bonchev–Trinajstić information content (AvgIpc) is 3.08. The summed E-state index contributed by atoms with van der Waals surface area (Å²) in [6, 6.07) is 8.28. The van der Waals surface area contributed by atoms with Crippen LogP contribution in [0.15, 0.2) is 29.3 Å². The van der Waals surface area contributed by atoms with Crippen molar-refractivity contribution in [2.75, 3.05) is 47.5 Å². The molecule has 1 unspecified atom stereocenters. The highest BCUT2D eigenvalue weighted by Crippen LogP contribution is 2.14. The summed E-state index contributed by atoms with van der Waals surface area (Å²) in [6.07, 6.45) is 3.28. The molecule has 0 amide bonds. The molecule has 1 aliphatic rings. The van der Waals surface area contributed by atoms with Crippen LogP contribution in [0.3, 0.4) is 0 Å². The largest absolute Gasteiger partial charge is 0.497 e. The van der Waals surface area contributed by atoms with Gasteiger partial charge in [0.1, 0.15) is 5.75 Å². The van der Waals surface area contributed by atoms with E-state index in [2.05, 4.69) is 34.4 Å². The first-order chi connectivity index (χ1) is 11.2. The molecule has 1 atom stereocenters. The van der Waals surface area contributed by atoms with E-state index in [0.717, 1.165) is 57.3 Å². The number of aliphatic imine (C=N–C) groups is 1. The summed E-state index contributed by atoms with van der Waals surface area (Å²) in [5.74, 6) is 2.49. The minimum absolute atomic E-state index is 0.623. The first-order valence-corrected chi connectivity index (χ1v) is 8.35. The van der Waals surface area contributed by atoms with Crippen LogP contribution < -0.4 is 10.1 Å². The van der Waals surface area contributed by atoms with Gasteiger partial charge in [0, 0.05) is 39.7 Å². The van der Waals surface area contributed by atoms with Crippen molar-refractivity contribution in [1.29, 1.82) is 0 Å². The lowest BCUT2D eigenvalue weighted by Crippen LogP contribution is -2.41. The van der Waals surface area contributed by atoms with Crippen LogP contribution in [-0.2, 0) is 11.2 Å². The van der Waals surface area contributed by atoms with Crippen molar-refractivity contribution >= 4 is 5.96 Å². The molecule has 1 heterocycles. The Balaban J connectivity index is 1.68. The summed E-state index contributed by atoms with van der Waals surface area (Å²) < 4.78 is 10.6. The van der Waals surface area contributed by atoms with Crippen molar-refractivity contribution in [1.82, 2.24) is 10.2 Å². The number of hydrogen-bond acceptors (Lipinski definition) is 3. The lowest BCUT2D eigenvalue weighted by atomic mass is 10.1. The molecular weight excluding hydrogens is 290 g/mol. The fraction of sp³-hybridized carbons (Fsp3) is 0.611.